The molecule has 0 atom stereocenters. The lowest BCUT2D eigenvalue weighted by Crippen LogP contribution is -2.05. The van der Waals surface area contributed by atoms with Gasteiger partial charge in [-0.05, 0) is 193 Å². The molecule has 0 amide bonds. The van der Waals surface area contributed by atoms with E-state index in [4.69, 9.17) is 21.6 Å². The summed E-state index contributed by atoms with van der Waals surface area (Å²) in [5.41, 5.74) is 27.3. The van der Waals surface area contributed by atoms with Crippen LogP contribution in [0, 0.1) is 0 Å². The molecule has 0 saturated carbocycles. The molecule has 23 aromatic rings. The molecule has 24 rings (SSSR count). The molecule has 9 heteroatoms. The molecule has 0 radical (unpaired) electrons. The minimum atomic E-state index is 0.280. The van der Waals surface area contributed by atoms with Crippen LogP contribution in [-0.4, -0.2) is 38.6 Å². The summed E-state index contributed by atoms with van der Waals surface area (Å²) in [7, 11) is 0. The fourth-order valence-corrected chi connectivity index (χ4v) is 18.2. The molecule has 8 nitrogen and oxygen atoms in total. The molecular formula is C108H71ClN8. The third-order valence-electron chi connectivity index (χ3n) is 23.4. The lowest BCUT2D eigenvalue weighted by atomic mass is 9.94. The van der Waals surface area contributed by atoms with Gasteiger partial charge in [-0.3, -0.25) is 4.57 Å². The van der Waals surface area contributed by atoms with Crippen LogP contribution in [0.1, 0.15) is 18.5 Å². The van der Waals surface area contributed by atoms with E-state index in [9.17, 15) is 0 Å². The molecule has 6 heterocycles. The van der Waals surface area contributed by atoms with Crippen LogP contribution in [0.4, 0.5) is 0 Å². The van der Waals surface area contributed by atoms with Crippen molar-refractivity contribution in [3.63, 3.8) is 0 Å². The molecule has 6 aromatic heterocycles. The molecule has 0 aliphatic heterocycles. The van der Waals surface area contributed by atoms with Gasteiger partial charge >= 0.3 is 0 Å². The Bertz CT molecular complexity index is 7930. The van der Waals surface area contributed by atoms with Crippen LogP contribution < -0.4 is 0 Å². The second-order valence-electron chi connectivity index (χ2n) is 30.0. The number of H-pyrrole nitrogens is 1. The van der Waals surface area contributed by atoms with Crippen LogP contribution >= 0.6 is 11.6 Å². The van der Waals surface area contributed by atoms with Gasteiger partial charge in [-0.15, -0.1) is 0 Å². The van der Waals surface area contributed by atoms with Crippen molar-refractivity contribution in [1.29, 1.82) is 0 Å². The smallest absolute Gasteiger partial charge is 0.235 e. The zero-order valence-corrected chi connectivity index (χ0v) is 64.3. The van der Waals surface area contributed by atoms with Gasteiger partial charge in [0.05, 0.1) is 55.5 Å². The van der Waals surface area contributed by atoms with E-state index < -0.39 is 0 Å². The molecule has 0 bridgehead atoms. The maximum absolute atomic E-state index is 5.95. The molecule has 1 aliphatic rings. The number of benzene rings is 17. The molecule has 550 valence electrons. The predicted octanol–water partition coefficient (Wildman–Crippen LogP) is 28.9. The van der Waals surface area contributed by atoms with Gasteiger partial charge in [0.25, 0.3) is 0 Å². The average Bonchev–Trinajstić information content (AvgIpc) is 1.61. The zero-order chi connectivity index (χ0) is 77.4. The highest BCUT2D eigenvalue weighted by Gasteiger charge is 2.24. The molecule has 1 aliphatic carbocycles. The Morgan fingerprint density at radius 2 is 0.675 bits per heavy atom. The van der Waals surface area contributed by atoms with E-state index >= 15 is 0 Å². The van der Waals surface area contributed by atoms with Gasteiger partial charge in [0.1, 0.15) is 0 Å². The van der Waals surface area contributed by atoms with Crippen LogP contribution in [0.5, 0.6) is 0 Å². The largest absolute Gasteiger partial charge is 0.355 e. The summed E-state index contributed by atoms with van der Waals surface area (Å²) in [6.45, 7) is 0. The number of hydrogen-bond acceptors (Lipinski definition) is 4. The van der Waals surface area contributed by atoms with Gasteiger partial charge < -0.3 is 14.1 Å². The Kier molecular flexibility index (Phi) is 16.9. The number of hydrogen-bond donors (Lipinski definition) is 1. The Morgan fingerprint density at radius 1 is 0.265 bits per heavy atom. The fraction of sp³-hybridized carbons (Fsp3) is 0.0185. The van der Waals surface area contributed by atoms with Gasteiger partial charge in [-0.25, -0.2) is 19.9 Å². The first-order chi connectivity index (χ1) is 58.0. The number of fused-ring (bicyclic) bond motifs is 18. The number of nitrogens with one attached hydrogen (secondary N) is 1. The molecule has 0 unspecified atom stereocenters. The Morgan fingerprint density at radius 3 is 1.23 bits per heavy atom. The van der Waals surface area contributed by atoms with Crippen LogP contribution in [0.3, 0.4) is 0 Å². The first-order valence-electron chi connectivity index (χ1n) is 39.8. The fourth-order valence-electron chi connectivity index (χ4n) is 18.0. The van der Waals surface area contributed by atoms with Crippen LogP contribution in [-0.2, 0) is 0 Å². The van der Waals surface area contributed by atoms with Gasteiger partial charge in [0, 0.05) is 81.8 Å². The standard InChI is InChI=1S/C54H36N4.C40H26N2.C14H9ClN2/c1-3-15-35(16-4-1)36-27-30-39(31-28-36)57-49-26-14-11-23-44(49)52-42-21-8-7-19-40(42)45(34-51(52)57)38-29-32-50-46(33-38)41-20-10-13-25-48(41)58(50)54-55-47-24-12-9-22-43(47)53(56-54)37-17-5-2-6-18-37;1-2-10-26(11-3-1)27-18-21-29(22-19-27)42-38-17-9-7-15-33(38)40-32-14-5-4-12-30(32)34(25-39(40)42)28-20-23-37-35(24-28)31-13-6-8-16-36(31)41-37;15-14-16-12-9-5-4-8-11(12)13(17-14)10-6-2-1-3-7-10/h1-5,7-17,19-34H,6,18H2;1-25,41H;1-9H. The number of para-hydroxylation sites is 6. The van der Waals surface area contributed by atoms with Crippen molar-refractivity contribution in [1.82, 2.24) is 38.6 Å². The summed E-state index contributed by atoms with van der Waals surface area (Å²) in [5, 5.41) is 17.4. The van der Waals surface area contributed by atoms with E-state index in [1.165, 1.54) is 142 Å². The number of nitrogens with zero attached hydrogens (tertiary/aromatic N) is 7. The van der Waals surface area contributed by atoms with E-state index in [1.54, 1.807) is 0 Å². The number of rotatable bonds is 9. The molecule has 0 fully saturated rings. The third kappa shape index (κ3) is 12.0. The van der Waals surface area contributed by atoms with E-state index in [2.05, 4.69) is 374 Å². The monoisotopic (exact) mass is 1510 g/mol. The first-order valence-corrected chi connectivity index (χ1v) is 40.2. The maximum Gasteiger partial charge on any atom is 0.235 e. The topological polar surface area (TPSA) is 82.1 Å². The normalized spacial score (nSPS) is 12.3. The Labute approximate surface area is 679 Å². The van der Waals surface area contributed by atoms with Crippen molar-refractivity contribution in [3.05, 3.63) is 411 Å². The Balaban J connectivity index is 0.000000122. The van der Waals surface area contributed by atoms with Crippen LogP contribution in [0.25, 0.3) is 209 Å². The van der Waals surface area contributed by atoms with Crippen molar-refractivity contribution in [2.45, 2.75) is 12.8 Å². The number of aromatic amines is 1. The van der Waals surface area contributed by atoms with Crippen molar-refractivity contribution >= 4 is 148 Å². The quantitative estimate of drug-likeness (QED) is 0.146. The SMILES string of the molecule is C1=CCCC(c2nc(-n3c4ccccc4c4cc(-c5cc6c(c7ccccc57)c5ccccc5n6-c5ccc(-c6ccccc6)cc5)ccc43)nc3ccccc23)=C1.Clc1nc(-c2ccccc2)c2ccccc2n1.c1ccc(-c2ccc(-n3c4ccccc4c4c5ccccc5c(-c5ccc6[nH]c7ccccc7c6c5)cc43)cc2)cc1. The second kappa shape index (κ2) is 28.8. The highest BCUT2D eigenvalue weighted by molar-refractivity contribution is 6.29. The van der Waals surface area contributed by atoms with Gasteiger partial charge in [-0.2, -0.15) is 0 Å². The molecule has 17 aromatic carbocycles. The maximum atomic E-state index is 5.95. The van der Waals surface area contributed by atoms with Gasteiger partial charge in [0.2, 0.25) is 11.2 Å². The summed E-state index contributed by atoms with van der Waals surface area (Å²) in [6.07, 6.45) is 8.56. The number of halogens is 1. The van der Waals surface area contributed by atoms with E-state index in [-0.39, 0.29) is 5.28 Å². The van der Waals surface area contributed by atoms with Crippen molar-refractivity contribution < 1.29 is 0 Å². The summed E-state index contributed by atoms with van der Waals surface area (Å²) >= 11 is 5.95. The minimum Gasteiger partial charge on any atom is -0.355 e. The lowest BCUT2D eigenvalue weighted by Gasteiger charge is -2.15. The lowest BCUT2D eigenvalue weighted by molar-refractivity contribution is 0.983. The molecular weight excluding hydrogens is 1440 g/mol. The van der Waals surface area contributed by atoms with Crippen LogP contribution in [0.15, 0.2) is 400 Å². The van der Waals surface area contributed by atoms with Crippen molar-refractivity contribution in [2.24, 2.45) is 0 Å². The average molecular weight is 1520 g/mol. The Hall–Kier alpha value is -15.1. The molecule has 0 saturated heterocycles. The van der Waals surface area contributed by atoms with Crippen molar-refractivity contribution in [2.75, 3.05) is 0 Å². The predicted molar refractivity (Wildman–Crippen MR) is 491 cm³/mol. The number of allylic oxidation sites excluding steroid dienone is 4. The summed E-state index contributed by atoms with van der Waals surface area (Å²) in [4.78, 5) is 22.7. The number of aromatic nitrogens is 8. The molecule has 1 N–H and O–H groups in total. The molecule has 117 heavy (non-hydrogen) atoms. The van der Waals surface area contributed by atoms with Gasteiger partial charge in [0.15, 0.2) is 0 Å². The summed E-state index contributed by atoms with van der Waals surface area (Å²) < 4.78 is 7.12. The van der Waals surface area contributed by atoms with E-state index in [0.29, 0.717) is 5.95 Å². The van der Waals surface area contributed by atoms with Crippen LogP contribution in [0.2, 0.25) is 5.28 Å². The van der Waals surface area contributed by atoms with Crippen molar-refractivity contribution in [3.8, 4) is 73.1 Å². The highest BCUT2D eigenvalue weighted by atomic mass is 35.5. The highest BCUT2D eigenvalue weighted by Crippen LogP contribution is 2.47. The van der Waals surface area contributed by atoms with E-state index in [0.717, 1.165) is 79.5 Å². The third-order valence-corrected chi connectivity index (χ3v) is 23.5. The van der Waals surface area contributed by atoms with E-state index in [1.807, 2.05) is 54.6 Å². The second-order valence-corrected chi connectivity index (χ2v) is 30.4. The summed E-state index contributed by atoms with van der Waals surface area (Å²) in [5.74, 6) is 0.692. The first kappa shape index (κ1) is 68.7. The van der Waals surface area contributed by atoms with Gasteiger partial charge in [-0.1, -0.05) is 303 Å². The zero-order valence-electron chi connectivity index (χ0n) is 63.5. The summed E-state index contributed by atoms with van der Waals surface area (Å²) in [6, 6.07) is 137. The molecule has 0 spiro atoms. The minimum absolute atomic E-state index is 0.280.